The van der Waals surface area contributed by atoms with Crippen LogP contribution >= 0.6 is 0 Å². The molecule has 0 aliphatic carbocycles. The summed E-state index contributed by atoms with van der Waals surface area (Å²) in [6.45, 7) is 7.16. The monoisotopic (exact) mass is 358 g/mol. The number of aliphatic hydroxyl groups is 3. The van der Waals surface area contributed by atoms with Gasteiger partial charge in [-0.15, -0.1) is 0 Å². The highest BCUT2D eigenvalue weighted by Gasteiger charge is 2.24. The van der Waals surface area contributed by atoms with Crippen LogP contribution in [0.25, 0.3) is 0 Å². The normalized spacial score (nSPS) is 11.5. The molecule has 3 N–H and O–H groups in total. The lowest BCUT2D eigenvalue weighted by Crippen LogP contribution is -2.34. The molecule has 1 aromatic rings. The van der Waals surface area contributed by atoms with Gasteiger partial charge in [-0.1, -0.05) is 33.8 Å². The average molecular weight is 358 g/mol. The Kier molecular flexibility index (Phi) is 10.5. The van der Waals surface area contributed by atoms with E-state index in [0.717, 1.165) is 6.07 Å². The maximum atomic E-state index is 12.9. The van der Waals surface area contributed by atoms with E-state index >= 15 is 0 Å². The number of halogens is 1. The van der Waals surface area contributed by atoms with E-state index in [9.17, 15) is 19.4 Å². The van der Waals surface area contributed by atoms with Crippen LogP contribution in [0.1, 0.15) is 63.7 Å². The standard InChI is InChI=1S/C13H17FO3.C6H14O2/c1-3-13(16,4-2)9-17-12(15)10-6-5-7-11(14)8-10;1-3-6(8,4-2)5-7/h5-8,16H,3-4,9H2,1-2H3;7-8H,3-5H2,1-2H3. The zero-order chi connectivity index (χ0) is 19.5. The van der Waals surface area contributed by atoms with E-state index in [1.54, 1.807) is 0 Å². The lowest BCUT2D eigenvalue weighted by Gasteiger charge is -2.24. The highest BCUT2D eigenvalue weighted by atomic mass is 19.1. The molecule has 0 fully saturated rings. The molecule has 0 heterocycles. The van der Waals surface area contributed by atoms with Gasteiger partial charge in [0.05, 0.1) is 23.4 Å². The number of hydrogen-bond donors (Lipinski definition) is 3. The van der Waals surface area contributed by atoms with E-state index in [4.69, 9.17) is 9.84 Å². The molecule has 0 radical (unpaired) electrons. The van der Waals surface area contributed by atoms with Gasteiger partial charge >= 0.3 is 5.97 Å². The van der Waals surface area contributed by atoms with E-state index in [1.165, 1.54) is 18.2 Å². The first-order chi connectivity index (χ1) is 11.7. The zero-order valence-electron chi connectivity index (χ0n) is 15.6. The number of carbonyl (C=O) groups excluding carboxylic acids is 1. The molecule has 0 amide bonds. The van der Waals surface area contributed by atoms with Gasteiger partial charge in [-0.25, -0.2) is 9.18 Å². The highest BCUT2D eigenvalue weighted by Crippen LogP contribution is 2.16. The van der Waals surface area contributed by atoms with Crippen molar-refractivity contribution < 1.29 is 29.2 Å². The third kappa shape index (κ3) is 8.43. The summed E-state index contributed by atoms with van der Waals surface area (Å²) in [5, 5.41) is 27.7. The molecule has 1 aromatic carbocycles. The van der Waals surface area contributed by atoms with Crippen LogP contribution in [-0.2, 0) is 4.74 Å². The van der Waals surface area contributed by atoms with Gasteiger partial charge in [0.2, 0.25) is 0 Å². The van der Waals surface area contributed by atoms with Crippen LogP contribution in [0, 0.1) is 5.82 Å². The minimum atomic E-state index is -0.997. The first-order valence-electron chi connectivity index (χ1n) is 8.67. The third-order valence-electron chi connectivity index (χ3n) is 4.46. The minimum absolute atomic E-state index is 0.0741. The van der Waals surface area contributed by atoms with Crippen molar-refractivity contribution in [1.29, 1.82) is 0 Å². The molecule has 5 nitrogen and oxygen atoms in total. The van der Waals surface area contributed by atoms with Crippen LogP contribution in [0.5, 0.6) is 0 Å². The topological polar surface area (TPSA) is 87.0 Å². The van der Waals surface area contributed by atoms with Crippen LogP contribution in [-0.4, -0.2) is 45.7 Å². The van der Waals surface area contributed by atoms with Crippen molar-refractivity contribution in [3.8, 4) is 0 Å². The predicted molar refractivity (Wildman–Crippen MR) is 94.8 cm³/mol. The second-order valence-corrected chi connectivity index (χ2v) is 6.11. The molecule has 0 saturated heterocycles. The fourth-order valence-electron chi connectivity index (χ4n) is 1.83. The maximum absolute atomic E-state index is 12.9. The Bertz CT molecular complexity index is 502. The van der Waals surface area contributed by atoms with Crippen LogP contribution in [0.2, 0.25) is 0 Å². The van der Waals surface area contributed by atoms with E-state index in [1.807, 2.05) is 27.7 Å². The number of esters is 1. The Labute approximate surface area is 149 Å². The molecule has 0 aliphatic rings. The van der Waals surface area contributed by atoms with Crippen molar-refractivity contribution in [2.24, 2.45) is 0 Å². The van der Waals surface area contributed by atoms with Crippen LogP contribution < -0.4 is 0 Å². The lowest BCUT2D eigenvalue weighted by atomic mass is 9.99. The molecule has 144 valence electrons. The van der Waals surface area contributed by atoms with Crippen molar-refractivity contribution in [2.75, 3.05) is 13.2 Å². The largest absolute Gasteiger partial charge is 0.459 e. The molecule has 0 saturated carbocycles. The maximum Gasteiger partial charge on any atom is 0.338 e. The van der Waals surface area contributed by atoms with E-state index in [-0.39, 0.29) is 18.8 Å². The summed E-state index contributed by atoms with van der Waals surface area (Å²) in [6, 6.07) is 5.28. The van der Waals surface area contributed by atoms with E-state index in [2.05, 4.69) is 0 Å². The predicted octanol–water partition coefficient (Wildman–Crippen LogP) is 3.06. The van der Waals surface area contributed by atoms with Gasteiger partial charge in [0.1, 0.15) is 12.4 Å². The fraction of sp³-hybridized carbons (Fsp3) is 0.632. The molecule has 0 unspecified atom stereocenters. The number of benzene rings is 1. The first kappa shape index (κ1) is 23.5. The Balaban J connectivity index is 0.000000609. The quantitative estimate of drug-likeness (QED) is 0.622. The van der Waals surface area contributed by atoms with Crippen molar-refractivity contribution in [3.05, 3.63) is 35.6 Å². The van der Waals surface area contributed by atoms with Crippen LogP contribution in [0.4, 0.5) is 4.39 Å². The minimum Gasteiger partial charge on any atom is -0.459 e. The molecule has 0 spiro atoms. The molecule has 1 rings (SSSR count). The lowest BCUT2D eigenvalue weighted by molar-refractivity contribution is -0.0366. The number of aliphatic hydroxyl groups excluding tert-OH is 1. The Morgan fingerprint density at radius 2 is 1.56 bits per heavy atom. The smallest absolute Gasteiger partial charge is 0.338 e. The molecule has 0 atom stereocenters. The molecule has 0 aromatic heterocycles. The second-order valence-electron chi connectivity index (χ2n) is 6.11. The Morgan fingerprint density at radius 1 is 1.04 bits per heavy atom. The SMILES string of the molecule is CCC(O)(CC)CO.CCC(O)(CC)COC(=O)c1cccc(F)c1. The molecule has 0 aliphatic heterocycles. The van der Waals surface area contributed by atoms with Crippen LogP contribution in [0.3, 0.4) is 0 Å². The Morgan fingerprint density at radius 3 is 1.92 bits per heavy atom. The van der Waals surface area contributed by atoms with Crippen molar-refractivity contribution >= 4 is 5.97 Å². The number of rotatable bonds is 8. The Hall–Kier alpha value is -1.50. The highest BCUT2D eigenvalue weighted by molar-refractivity contribution is 5.89. The van der Waals surface area contributed by atoms with Gasteiger partial charge in [0, 0.05) is 0 Å². The summed E-state index contributed by atoms with van der Waals surface area (Å²) < 4.78 is 17.9. The summed E-state index contributed by atoms with van der Waals surface area (Å²) in [6.07, 6.45) is 2.25. The summed E-state index contributed by atoms with van der Waals surface area (Å²) >= 11 is 0. The van der Waals surface area contributed by atoms with Gasteiger partial charge in [0.25, 0.3) is 0 Å². The van der Waals surface area contributed by atoms with Gasteiger partial charge in [-0.3, -0.25) is 0 Å². The van der Waals surface area contributed by atoms with Gasteiger partial charge in [0.15, 0.2) is 0 Å². The third-order valence-corrected chi connectivity index (χ3v) is 4.46. The second kappa shape index (κ2) is 11.2. The average Bonchev–Trinajstić information content (AvgIpc) is 2.65. The zero-order valence-corrected chi connectivity index (χ0v) is 15.6. The van der Waals surface area contributed by atoms with E-state index < -0.39 is 23.0 Å². The first-order valence-corrected chi connectivity index (χ1v) is 8.67. The molecule has 0 bridgehead atoms. The number of carbonyl (C=O) groups is 1. The summed E-state index contributed by atoms with van der Waals surface area (Å²) in [5.74, 6) is -1.11. The molecular weight excluding hydrogens is 327 g/mol. The molecular formula is C19H31FO5. The van der Waals surface area contributed by atoms with E-state index in [0.29, 0.717) is 25.7 Å². The number of ether oxygens (including phenoxy) is 1. The molecule has 25 heavy (non-hydrogen) atoms. The molecule has 6 heteroatoms. The van der Waals surface area contributed by atoms with Gasteiger partial charge < -0.3 is 20.1 Å². The summed E-state index contributed by atoms with van der Waals surface area (Å²) in [5.41, 5.74) is -1.66. The van der Waals surface area contributed by atoms with Crippen LogP contribution in [0.15, 0.2) is 24.3 Å². The van der Waals surface area contributed by atoms with Gasteiger partial charge in [-0.2, -0.15) is 0 Å². The van der Waals surface area contributed by atoms with Crippen molar-refractivity contribution in [2.45, 2.75) is 64.6 Å². The summed E-state index contributed by atoms with van der Waals surface area (Å²) in [4.78, 5) is 11.6. The van der Waals surface area contributed by atoms with Crippen molar-refractivity contribution in [1.82, 2.24) is 0 Å². The van der Waals surface area contributed by atoms with Crippen molar-refractivity contribution in [3.63, 3.8) is 0 Å². The fourth-order valence-corrected chi connectivity index (χ4v) is 1.83. The van der Waals surface area contributed by atoms with Gasteiger partial charge in [-0.05, 0) is 43.9 Å². The summed E-state index contributed by atoms with van der Waals surface area (Å²) in [7, 11) is 0. The number of hydrogen-bond acceptors (Lipinski definition) is 5.